The Morgan fingerprint density at radius 1 is 1.11 bits per heavy atom. The van der Waals surface area contributed by atoms with Crippen LogP contribution in [0.5, 0.6) is 0 Å². The zero-order chi connectivity index (χ0) is 26.7. The third-order valence-corrected chi connectivity index (χ3v) is 7.05. The van der Waals surface area contributed by atoms with Gasteiger partial charge in [-0.05, 0) is 37.7 Å². The third kappa shape index (κ3) is 6.73. The van der Waals surface area contributed by atoms with Crippen LogP contribution in [0.1, 0.15) is 16.8 Å². The number of nitrogens with one attached hydrogen (secondary N) is 2. The molecule has 0 unspecified atom stereocenters. The van der Waals surface area contributed by atoms with E-state index >= 15 is 0 Å². The standard InChI is InChI=1S/C24H29F3N8OS/c1-15-20(19-7-8-28-21(31-19)33(2)3)37-23(29-15)32-22(36)30-17-6-5-16(18(13-17)24(25,26)27)14-35-11-9-34(4)10-12-35/h5-8,13H,9-12,14H2,1-4H3,(H2,29,30,32,36). The van der Waals surface area contributed by atoms with E-state index in [1.54, 1.807) is 24.1 Å². The largest absolute Gasteiger partial charge is 0.416 e. The molecular weight excluding hydrogens is 505 g/mol. The van der Waals surface area contributed by atoms with E-state index in [-0.39, 0.29) is 17.8 Å². The number of thiazole rings is 1. The Kier molecular flexibility index (Phi) is 7.95. The zero-order valence-electron chi connectivity index (χ0n) is 21.1. The number of piperazine rings is 1. The number of anilines is 3. The van der Waals surface area contributed by atoms with Crippen LogP contribution < -0.4 is 15.5 Å². The van der Waals surface area contributed by atoms with Gasteiger partial charge in [-0.3, -0.25) is 10.2 Å². The molecule has 3 heterocycles. The lowest BCUT2D eigenvalue weighted by atomic mass is 10.0. The molecule has 37 heavy (non-hydrogen) atoms. The van der Waals surface area contributed by atoms with Gasteiger partial charge in [-0.2, -0.15) is 13.2 Å². The van der Waals surface area contributed by atoms with Crippen molar-refractivity contribution in [3.8, 4) is 10.6 Å². The van der Waals surface area contributed by atoms with Gasteiger partial charge >= 0.3 is 12.2 Å². The predicted octanol–water partition coefficient (Wildman–Crippen LogP) is 4.38. The molecule has 13 heteroatoms. The minimum atomic E-state index is -4.54. The summed E-state index contributed by atoms with van der Waals surface area (Å²) in [6.07, 6.45) is -2.90. The van der Waals surface area contributed by atoms with E-state index in [1.807, 2.05) is 26.0 Å². The number of carbonyl (C=O) groups is 1. The minimum absolute atomic E-state index is 0.0480. The number of aryl methyl sites for hydroxylation is 1. The third-order valence-electron chi connectivity index (χ3n) is 5.96. The highest BCUT2D eigenvalue weighted by Gasteiger charge is 2.34. The maximum atomic E-state index is 13.8. The summed E-state index contributed by atoms with van der Waals surface area (Å²) in [5.41, 5.74) is 0.804. The molecule has 1 fully saturated rings. The average molecular weight is 535 g/mol. The summed E-state index contributed by atoms with van der Waals surface area (Å²) in [6, 6.07) is 4.96. The van der Waals surface area contributed by atoms with Crippen LogP contribution in [0.4, 0.5) is 34.7 Å². The lowest BCUT2D eigenvalue weighted by Crippen LogP contribution is -2.44. The maximum Gasteiger partial charge on any atom is 0.416 e. The molecule has 0 atom stereocenters. The van der Waals surface area contributed by atoms with Crippen molar-refractivity contribution < 1.29 is 18.0 Å². The highest BCUT2D eigenvalue weighted by atomic mass is 32.1. The number of hydrogen-bond acceptors (Lipinski definition) is 8. The number of likely N-dealkylation sites (N-methyl/N-ethyl adjacent to an activating group) is 1. The molecule has 1 aliphatic heterocycles. The SMILES string of the molecule is Cc1nc(NC(=O)Nc2ccc(CN3CCN(C)CC3)c(C(F)(F)F)c2)sc1-c1ccnc(N(C)C)n1. The molecule has 9 nitrogen and oxygen atoms in total. The van der Waals surface area contributed by atoms with Gasteiger partial charge in [0.2, 0.25) is 5.95 Å². The lowest BCUT2D eigenvalue weighted by molar-refractivity contribution is -0.138. The molecule has 0 bridgehead atoms. The van der Waals surface area contributed by atoms with Crippen LogP contribution in [-0.2, 0) is 12.7 Å². The summed E-state index contributed by atoms with van der Waals surface area (Å²) in [5.74, 6) is 0.536. The first kappa shape index (κ1) is 26.8. The summed E-state index contributed by atoms with van der Waals surface area (Å²) in [6.45, 7) is 5.03. The fourth-order valence-corrected chi connectivity index (χ4v) is 4.87. The Morgan fingerprint density at radius 3 is 2.51 bits per heavy atom. The number of nitrogens with zero attached hydrogens (tertiary/aromatic N) is 6. The van der Waals surface area contributed by atoms with Crippen LogP contribution in [0.25, 0.3) is 10.6 Å². The Balaban J connectivity index is 1.46. The quantitative estimate of drug-likeness (QED) is 0.485. The van der Waals surface area contributed by atoms with E-state index in [1.165, 1.54) is 23.5 Å². The summed E-state index contributed by atoms with van der Waals surface area (Å²) < 4.78 is 41.5. The van der Waals surface area contributed by atoms with Gasteiger partial charge in [0.1, 0.15) is 0 Å². The highest BCUT2D eigenvalue weighted by molar-refractivity contribution is 7.19. The Hall–Kier alpha value is -3.29. The van der Waals surface area contributed by atoms with Gasteiger partial charge in [-0.25, -0.2) is 19.7 Å². The molecule has 2 N–H and O–H groups in total. The summed E-state index contributed by atoms with van der Waals surface area (Å²) in [4.78, 5) is 32.3. The normalized spacial score (nSPS) is 15.0. The van der Waals surface area contributed by atoms with Crippen LogP contribution in [0.15, 0.2) is 30.5 Å². The molecule has 0 saturated carbocycles. The second-order valence-electron chi connectivity index (χ2n) is 9.10. The van der Waals surface area contributed by atoms with Gasteiger partial charge in [-0.1, -0.05) is 17.4 Å². The highest BCUT2D eigenvalue weighted by Crippen LogP contribution is 2.35. The Morgan fingerprint density at radius 2 is 1.84 bits per heavy atom. The van der Waals surface area contributed by atoms with Gasteiger partial charge in [0, 0.05) is 58.7 Å². The number of rotatable bonds is 6. The molecule has 1 saturated heterocycles. The van der Waals surface area contributed by atoms with Crippen LogP contribution in [0.3, 0.4) is 0 Å². The fraction of sp³-hybridized carbons (Fsp3) is 0.417. The van der Waals surface area contributed by atoms with Crippen molar-refractivity contribution in [1.82, 2.24) is 24.8 Å². The molecule has 1 aromatic carbocycles. The molecule has 2 aromatic heterocycles. The van der Waals surface area contributed by atoms with Crippen molar-refractivity contribution in [3.05, 3.63) is 47.3 Å². The molecule has 3 aromatic rings. The van der Waals surface area contributed by atoms with Gasteiger partial charge in [0.25, 0.3) is 0 Å². The summed E-state index contributed by atoms with van der Waals surface area (Å²) >= 11 is 1.22. The van der Waals surface area contributed by atoms with Gasteiger partial charge in [0.05, 0.1) is 21.8 Å². The minimum Gasteiger partial charge on any atom is -0.347 e. The first-order valence-corrected chi connectivity index (χ1v) is 12.5. The maximum absolute atomic E-state index is 13.8. The number of halogens is 3. The molecule has 0 spiro atoms. The molecule has 0 radical (unpaired) electrons. The van der Waals surface area contributed by atoms with E-state index in [0.29, 0.717) is 35.6 Å². The Labute approximate surface area is 217 Å². The number of carbonyl (C=O) groups excluding carboxylic acids is 1. The second-order valence-corrected chi connectivity index (χ2v) is 10.1. The summed E-state index contributed by atoms with van der Waals surface area (Å²) in [5, 5.41) is 5.41. The smallest absolute Gasteiger partial charge is 0.347 e. The van der Waals surface area contributed by atoms with Crippen molar-refractivity contribution in [3.63, 3.8) is 0 Å². The van der Waals surface area contributed by atoms with E-state index in [0.717, 1.165) is 24.0 Å². The number of aromatic nitrogens is 3. The van der Waals surface area contributed by atoms with E-state index in [4.69, 9.17) is 0 Å². The summed E-state index contributed by atoms with van der Waals surface area (Å²) in [7, 11) is 5.66. The van der Waals surface area contributed by atoms with Crippen molar-refractivity contribution >= 4 is 34.1 Å². The van der Waals surface area contributed by atoms with Crippen LogP contribution in [-0.4, -0.2) is 78.1 Å². The second kappa shape index (κ2) is 11.0. The van der Waals surface area contributed by atoms with Gasteiger partial charge in [0.15, 0.2) is 5.13 Å². The number of urea groups is 1. The number of alkyl halides is 3. The van der Waals surface area contributed by atoms with Crippen molar-refractivity contribution in [2.45, 2.75) is 19.6 Å². The number of amides is 2. The molecule has 1 aliphatic rings. The topological polar surface area (TPSA) is 89.5 Å². The molecule has 2 amide bonds. The van der Waals surface area contributed by atoms with E-state index in [9.17, 15) is 18.0 Å². The van der Waals surface area contributed by atoms with E-state index in [2.05, 4.69) is 30.5 Å². The van der Waals surface area contributed by atoms with E-state index < -0.39 is 17.8 Å². The average Bonchev–Trinajstić information content (AvgIpc) is 3.20. The molecule has 198 valence electrons. The zero-order valence-corrected chi connectivity index (χ0v) is 21.9. The van der Waals surface area contributed by atoms with Crippen LogP contribution >= 0.6 is 11.3 Å². The monoisotopic (exact) mass is 534 g/mol. The number of hydrogen-bond donors (Lipinski definition) is 2. The van der Waals surface area contributed by atoms with Crippen molar-refractivity contribution in [2.75, 3.05) is 62.9 Å². The number of benzene rings is 1. The Bertz CT molecular complexity index is 1260. The van der Waals surface area contributed by atoms with Crippen molar-refractivity contribution in [2.24, 2.45) is 0 Å². The van der Waals surface area contributed by atoms with Gasteiger partial charge < -0.3 is 15.1 Å². The predicted molar refractivity (Wildman–Crippen MR) is 139 cm³/mol. The fourth-order valence-electron chi connectivity index (χ4n) is 3.94. The lowest BCUT2D eigenvalue weighted by Gasteiger charge is -2.33. The molecule has 0 aliphatic carbocycles. The molecular formula is C24H29F3N8OS. The van der Waals surface area contributed by atoms with Gasteiger partial charge in [-0.15, -0.1) is 0 Å². The van der Waals surface area contributed by atoms with Crippen LogP contribution in [0, 0.1) is 6.92 Å². The molecule has 4 rings (SSSR count). The van der Waals surface area contributed by atoms with Crippen molar-refractivity contribution in [1.29, 1.82) is 0 Å². The van der Waals surface area contributed by atoms with Crippen LogP contribution in [0.2, 0.25) is 0 Å². The first-order valence-electron chi connectivity index (χ1n) is 11.7. The first-order chi connectivity index (χ1) is 17.5.